The topological polar surface area (TPSA) is 82.6 Å². The van der Waals surface area contributed by atoms with Crippen LogP contribution >= 0.6 is 0 Å². The van der Waals surface area contributed by atoms with Gasteiger partial charge in [0.2, 0.25) is 10.0 Å². The Balaban J connectivity index is 2.56. The van der Waals surface area contributed by atoms with E-state index in [2.05, 4.69) is 52.4 Å². The van der Waals surface area contributed by atoms with Gasteiger partial charge in [-0.1, -0.05) is 23.8 Å². The summed E-state index contributed by atoms with van der Waals surface area (Å²) in [6.07, 6.45) is 0. The maximum absolute atomic E-state index is 11.4. The number of nitrogens with one attached hydrogen (secondary N) is 3. The lowest BCUT2D eigenvalue weighted by Crippen LogP contribution is -2.41. The second-order valence-electron chi connectivity index (χ2n) is 5.35. The largest absolute Gasteiger partial charge is 0.357 e. The Labute approximate surface area is 139 Å². The number of sulfonamides is 1. The fraction of sp³-hybridized carbons (Fsp3) is 0.562. The van der Waals surface area contributed by atoms with Crippen molar-refractivity contribution in [2.75, 3.05) is 25.4 Å². The van der Waals surface area contributed by atoms with Crippen molar-refractivity contribution >= 4 is 16.0 Å². The fourth-order valence-corrected chi connectivity index (χ4v) is 2.64. The average molecular weight is 340 g/mol. The molecule has 0 aliphatic rings. The lowest BCUT2D eigenvalue weighted by molar-refractivity contribution is 0.582. The number of hydrogen-bond acceptors (Lipinski definition) is 3. The van der Waals surface area contributed by atoms with Crippen LogP contribution in [0.2, 0.25) is 0 Å². The molecule has 23 heavy (non-hydrogen) atoms. The molecule has 0 saturated heterocycles. The van der Waals surface area contributed by atoms with Crippen molar-refractivity contribution < 1.29 is 8.42 Å². The van der Waals surface area contributed by atoms with Crippen molar-refractivity contribution in [1.29, 1.82) is 0 Å². The van der Waals surface area contributed by atoms with E-state index in [4.69, 9.17) is 0 Å². The highest BCUT2D eigenvalue weighted by molar-refractivity contribution is 7.89. The Bertz CT molecular complexity index is 627. The molecule has 0 atom stereocenters. The quantitative estimate of drug-likeness (QED) is 0.378. The SMILES string of the molecule is CCNC(=NCc1ccc(C)cc1C)NCCNS(=O)(=O)CC. The van der Waals surface area contributed by atoms with Gasteiger partial charge in [0.1, 0.15) is 0 Å². The molecule has 1 aromatic carbocycles. The van der Waals surface area contributed by atoms with Crippen LogP contribution in [0.1, 0.15) is 30.5 Å². The van der Waals surface area contributed by atoms with Crippen LogP contribution < -0.4 is 15.4 Å². The minimum atomic E-state index is -3.14. The second-order valence-corrected chi connectivity index (χ2v) is 7.45. The number of nitrogens with zero attached hydrogens (tertiary/aromatic N) is 1. The van der Waals surface area contributed by atoms with Gasteiger partial charge in [0.05, 0.1) is 12.3 Å². The Kier molecular flexibility index (Phi) is 8.05. The van der Waals surface area contributed by atoms with Gasteiger partial charge in [-0.15, -0.1) is 0 Å². The van der Waals surface area contributed by atoms with Crippen LogP contribution in [0, 0.1) is 13.8 Å². The predicted molar refractivity (Wildman–Crippen MR) is 96.2 cm³/mol. The molecular formula is C16H28N4O2S. The predicted octanol–water partition coefficient (Wildman–Crippen LogP) is 1.30. The molecule has 0 bridgehead atoms. The van der Waals surface area contributed by atoms with E-state index in [1.165, 1.54) is 16.7 Å². The zero-order valence-corrected chi connectivity index (χ0v) is 15.3. The van der Waals surface area contributed by atoms with Crippen molar-refractivity contribution in [3.8, 4) is 0 Å². The molecule has 0 aliphatic carbocycles. The first-order valence-electron chi connectivity index (χ1n) is 7.93. The molecule has 0 fully saturated rings. The third-order valence-electron chi connectivity index (χ3n) is 3.37. The van der Waals surface area contributed by atoms with Crippen LogP contribution in [0.25, 0.3) is 0 Å². The first-order valence-corrected chi connectivity index (χ1v) is 9.58. The zero-order valence-electron chi connectivity index (χ0n) is 14.4. The summed E-state index contributed by atoms with van der Waals surface area (Å²) >= 11 is 0. The summed E-state index contributed by atoms with van der Waals surface area (Å²) in [6, 6.07) is 6.32. The molecule has 0 heterocycles. The lowest BCUT2D eigenvalue weighted by atomic mass is 10.1. The second kappa shape index (κ2) is 9.52. The highest BCUT2D eigenvalue weighted by Gasteiger charge is 2.05. The highest BCUT2D eigenvalue weighted by Crippen LogP contribution is 2.11. The van der Waals surface area contributed by atoms with Gasteiger partial charge in [0.25, 0.3) is 0 Å². The molecule has 0 aromatic heterocycles. The molecule has 0 saturated carbocycles. The number of aliphatic imine (C=N–C) groups is 1. The van der Waals surface area contributed by atoms with Gasteiger partial charge in [0.15, 0.2) is 5.96 Å². The average Bonchev–Trinajstić information content (AvgIpc) is 2.50. The van der Waals surface area contributed by atoms with Crippen LogP contribution in [0.15, 0.2) is 23.2 Å². The molecule has 0 amide bonds. The fourth-order valence-electron chi connectivity index (χ4n) is 2.02. The summed E-state index contributed by atoms with van der Waals surface area (Å²) < 4.78 is 25.2. The lowest BCUT2D eigenvalue weighted by Gasteiger charge is -2.12. The van der Waals surface area contributed by atoms with Gasteiger partial charge < -0.3 is 10.6 Å². The van der Waals surface area contributed by atoms with Gasteiger partial charge in [-0.25, -0.2) is 18.1 Å². The molecule has 0 spiro atoms. The van der Waals surface area contributed by atoms with Crippen LogP contribution in [0.4, 0.5) is 0 Å². The van der Waals surface area contributed by atoms with E-state index in [-0.39, 0.29) is 5.75 Å². The van der Waals surface area contributed by atoms with E-state index < -0.39 is 10.0 Å². The maximum Gasteiger partial charge on any atom is 0.211 e. The normalized spacial score (nSPS) is 12.3. The molecule has 0 unspecified atom stereocenters. The Morgan fingerprint density at radius 2 is 1.87 bits per heavy atom. The van der Waals surface area contributed by atoms with E-state index >= 15 is 0 Å². The number of guanidine groups is 1. The maximum atomic E-state index is 11.4. The first kappa shape index (κ1) is 19.4. The Morgan fingerprint density at radius 1 is 1.13 bits per heavy atom. The monoisotopic (exact) mass is 340 g/mol. The number of aryl methyl sites for hydroxylation is 2. The molecular weight excluding hydrogens is 312 g/mol. The smallest absolute Gasteiger partial charge is 0.211 e. The summed E-state index contributed by atoms with van der Waals surface area (Å²) in [5.74, 6) is 0.775. The minimum Gasteiger partial charge on any atom is -0.357 e. The van der Waals surface area contributed by atoms with E-state index in [0.717, 1.165) is 6.54 Å². The summed E-state index contributed by atoms with van der Waals surface area (Å²) in [5, 5.41) is 6.29. The third kappa shape index (κ3) is 7.47. The summed E-state index contributed by atoms with van der Waals surface area (Å²) in [6.45, 7) is 9.92. The van der Waals surface area contributed by atoms with E-state index in [9.17, 15) is 8.42 Å². The molecule has 7 heteroatoms. The molecule has 1 rings (SSSR count). The number of benzene rings is 1. The minimum absolute atomic E-state index is 0.0911. The van der Waals surface area contributed by atoms with Gasteiger partial charge in [-0.2, -0.15) is 0 Å². The van der Waals surface area contributed by atoms with Crippen molar-refractivity contribution in [1.82, 2.24) is 15.4 Å². The van der Waals surface area contributed by atoms with E-state index in [1.54, 1.807) is 6.92 Å². The number of hydrogen-bond donors (Lipinski definition) is 3. The van der Waals surface area contributed by atoms with E-state index in [1.807, 2.05) is 6.92 Å². The van der Waals surface area contributed by atoms with Crippen molar-refractivity contribution in [3.63, 3.8) is 0 Å². The van der Waals surface area contributed by atoms with Crippen LogP contribution in [0.5, 0.6) is 0 Å². The molecule has 1 aromatic rings. The van der Waals surface area contributed by atoms with Crippen LogP contribution in [-0.2, 0) is 16.6 Å². The van der Waals surface area contributed by atoms with Gasteiger partial charge in [-0.3, -0.25) is 0 Å². The van der Waals surface area contributed by atoms with Gasteiger partial charge in [-0.05, 0) is 38.8 Å². The summed E-state index contributed by atoms with van der Waals surface area (Å²) in [4.78, 5) is 4.55. The summed E-state index contributed by atoms with van der Waals surface area (Å²) in [7, 11) is -3.14. The molecule has 0 radical (unpaired) electrons. The molecule has 3 N–H and O–H groups in total. The number of rotatable bonds is 8. The van der Waals surface area contributed by atoms with Crippen LogP contribution in [-0.4, -0.2) is 39.8 Å². The standard InChI is InChI=1S/C16H28N4O2S/c1-5-17-16(18-9-10-20-23(21,22)6-2)19-12-15-8-7-13(3)11-14(15)4/h7-8,11,20H,5-6,9-10,12H2,1-4H3,(H2,17,18,19). The van der Waals surface area contributed by atoms with Gasteiger partial charge >= 0.3 is 0 Å². The highest BCUT2D eigenvalue weighted by atomic mass is 32.2. The Morgan fingerprint density at radius 3 is 2.48 bits per heavy atom. The van der Waals surface area contributed by atoms with Gasteiger partial charge in [0, 0.05) is 19.6 Å². The van der Waals surface area contributed by atoms with Crippen molar-refractivity contribution in [3.05, 3.63) is 34.9 Å². The first-order chi connectivity index (χ1) is 10.9. The third-order valence-corrected chi connectivity index (χ3v) is 4.77. The van der Waals surface area contributed by atoms with Crippen molar-refractivity contribution in [2.24, 2.45) is 4.99 Å². The van der Waals surface area contributed by atoms with E-state index in [0.29, 0.717) is 25.6 Å². The molecule has 6 nitrogen and oxygen atoms in total. The zero-order chi connectivity index (χ0) is 17.3. The summed E-state index contributed by atoms with van der Waals surface area (Å²) in [5.41, 5.74) is 3.64. The van der Waals surface area contributed by atoms with Crippen LogP contribution in [0.3, 0.4) is 0 Å². The molecule has 130 valence electrons. The van der Waals surface area contributed by atoms with Crippen molar-refractivity contribution in [2.45, 2.75) is 34.2 Å². The Hall–Kier alpha value is -1.60. The molecule has 0 aliphatic heterocycles.